The van der Waals surface area contributed by atoms with Crippen LogP contribution in [-0.4, -0.2) is 5.16 Å². The second-order valence-corrected chi connectivity index (χ2v) is 6.27. The Morgan fingerprint density at radius 2 is 2.00 bits per heavy atom. The molecule has 0 spiro atoms. The molecule has 0 aliphatic heterocycles. The Labute approximate surface area is 126 Å². The number of aryl methyl sites for hydroxylation is 2. The summed E-state index contributed by atoms with van der Waals surface area (Å²) < 4.78 is 5.44. The van der Waals surface area contributed by atoms with Gasteiger partial charge >= 0.3 is 0 Å². The topological polar surface area (TPSA) is 52.0 Å². The van der Waals surface area contributed by atoms with Gasteiger partial charge in [0.15, 0.2) is 11.6 Å². The van der Waals surface area contributed by atoms with Crippen molar-refractivity contribution in [2.45, 2.75) is 13.8 Å². The summed E-state index contributed by atoms with van der Waals surface area (Å²) in [6.45, 7) is 4.16. The van der Waals surface area contributed by atoms with Crippen molar-refractivity contribution in [1.82, 2.24) is 5.16 Å². The van der Waals surface area contributed by atoms with Gasteiger partial charge in [0.1, 0.15) is 0 Å². The monoisotopic (exact) mass is 304 g/mol. The SMILES string of the molecule is Cc1cc(-c2onc(N)c2-c2ccccc2Cl)sc1C. The van der Waals surface area contributed by atoms with Gasteiger partial charge in [-0.3, -0.25) is 0 Å². The maximum absolute atomic E-state index is 6.26. The van der Waals surface area contributed by atoms with Crippen molar-refractivity contribution in [3.05, 3.63) is 45.8 Å². The largest absolute Gasteiger partial charge is 0.380 e. The minimum atomic E-state index is 0.358. The maximum atomic E-state index is 6.26. The van der Waals surface area contributed by atoms with Gasteiger partial charge in [-0.15, -0.1) is 11.3 Å². The summed E-state index contributed by atoms with van der Waals surface area (Å²) in [5.41, 5.74) is 8.79. The zero-order valence-corrected chi connectivity index (χ0v) is 12.7. The average molecular weight is 305 g/mol. The molecule has 0 atom stereocenters. The lowest BCUT2D eigenvalue weighted by molar-refractivity contribution is 0.437. The van der Waals surface area contributed by atoms with Crippen LogP contribution >= 0.6 is 22.9 Å². The van der Waals surface area contributed by atoms with Crippen LogP contribution in [0.15, 0.2) is 34.9 Å². The number of nitrogens with two attached hydrogens (primary N) is 1. The van der Waals surface area contributed by atoms with Gasteiger partial charge in [-0.05, 0) is 31.5 Å². The summed E-state index contributed by atoms with van der Waals surface area (Å²) >= 11 is 7.93. The van der Waals surface area contributed by atoms with Gasteiger partial charge in [0, 0.05) is 15.5 Å². The van der Waals surface area contributed by atoms with Gasteiger partial charge in [-0.2, -0.15) is 0 Å². The van der Waals surface area contributed by atoms with Crippen molar-refractivity contribution >= 4 is 28.8 Å². The second kappa shape index (κ2) is 4.96. The highest BCUT2D eigenvalue weighted by Gasteiger charge is 2.21. The number of aromatic nitrogens is 1. The molecule has 2 heterocycles. The van der Waals surface area contributed by atoms with Crippen LogP contribution in [0, 0.1) is 13.8 Å². The predicted octanol–water partition coefficient (Wildman–Crippen LogP) is 4.92. The lowest BCUT2D eigenvalue weighted by atomic mass is 10.0. The Bertz CT molecular complexity index is 757. The fraction of sp³-hybridized carbons (Fsp3) is 0.133. The normalized spacial score (nSPS) is 10.9. The van der Waals surface area contributed by atoms with Crippen LogP contribution < -0.4 is 5.73 Å². The minimum Gasteiger partial charge on any atom is -0.380 e. The van der Waals surface area contributed by atoms with Crippen LogP contribution in [0.1, 0.15) is 10.4 Å². The third-order valence-corrected chi connectivity index (χ3v) is 4.73. The average Bonchev–Trinajstić information content (AvgIpc) is 2.94. The molecule has 5 heteroatoms. The van der Waals surface area contributed by atoms with Gasteiger partial charge in [0.25, 0.3) is 0 Å². The van der Waals surface area contributed by atoms with Crippen molar-refractivity contribution in [3.8, 4) is 21.8 Å². The van der Waals surface area contributed by atoms with Crippen molar-refractivity contribution in [2.75, 3.05) is 5.73 Å². The number of rotatable bonds is 2. The number of thiophene rings is 1. The smallest absolute Gasteiger partial charge is 0.186 e. The van der Waals surface area contributed by atoms with Gasteiger partial charge < -0.3 is 10.3 Å². The highest BCUT2D eigenvalue weighted by Crippen LogP contribution is 2.42. The Kier molecular flexibility index (Phi) is 3.28. The molecule has 2 aromatic heterocycles. The van der Waals surface area contributed by atoms with Crippen molar-refractivity contribution < 1.29 is 4.52 Å². The molecule has 0 amide bonds. The Balaban J connectivity index is 2.23. The fourth-order valence-corrected chi connectivity index (χ4v) is 3.33. The van der Waals surface area contributed by atoms with E-state index in [2.05, 4.69) is 25.1 Å². The molecule has 0 aliphatic carbocycles. The van der Waals surface area contributed by atoms with Crippen LogP contribution in [0.2, 0.25) is 5.02 Å². The molecule has 0 saturated carbocycles. The molecule has 0 bridgehead atoms. The van der Waals surface area contributed by atoms with Crippen molar-refractivity contribution in [2.24, 2.45) is 0 Å². The van der Waals surface area contributed by atoms with E-state index in [0.29, 0.717) is 16.6 Å². The Morgan fingerprint density at radius 3 is 2.65 bits per heavy atom. The number of anilines is 1. The third-order valence-electron chi connectivity index (χ3n) is 3.25. The zero-order valence-electron chi connectivity index (χ0n) is 11.1. The van der Waals surface area contributed by atoms with E-state index in [0.717, 1.165) is 16.0 Å². The molecular formula is C15H13ClN2OS. The minimum absolute atomic E-state index is 0.358. The Morgan fingerprint density at radius 1 is 1.25 bits per heavy atom. The van der Waals surface area contributed by atoms with Crippen molar-refractivity contribution in [3.63, 3.8) is 0 Å². The van der Waals surface area contributed by atoms with E-state index in [1.165, 1.54) is 10.4 Å². The lowest BCUT2D eigenvalue weighted by Crippen LogP contribution is -1.89. The second-order valence-electron chi connectivity index (χ2n) is 4.60. The summed E-state index contributed by atoms with van der Waals surface area (Å²) in [7, 11) is 0. The number of benzene rings is 1. The van der Waals surface area contributed by atoms with Crippen LogP contribution in [-0.2, 0) is 0 Å². The molecule has 0 fully saturated rings. The Hall–Kier alpha value is -1.78. The number of hydrogen-bond acceptors (Lipinski definition) is 4. The van der Waals surface area contributed by atoms with Gasteiger partial charge in [-0.1, -0.05) is 35.0 Å². The standard InChI is InChI=1S/C15H13ClN2OS/c1-8-7-12(20-9(8)2)14-13(15(17)18-19-14)10-5-3-4-6-11(10)16/h3-7H,1-2H3,(H2,17,18). The van der Waals surface area contributed by atoms with Crippen LogP contribution in [0.3, 0.4) is 0 Å². The van der Waals surface area contributed by atoms with Gasteiger partial charge in [0.2, 0.25) is 0 Å². The number of nitrogen functional groups attached to an aromatic ring is 1. The van der Waals surface area contributed by atoms with Crippen LogP contribution in [0.25, 0.3) is 21.8 Å². The van der Waals surface area contributed by atoms with Gasteiger partial charge in [-0.25, -0.2) is 0 Å². The van der Waals surface area contributed by atoms with Crippen molar-refractivity contribution in [1.29, 1.82) is 0 Å². The number of halogens is 1. The highest BCUT2D eigenvalue weighted by atomic mass is 35.5. The molecule has 102 valence electrons. The molecule has 0 radical (unpaired) electrons. The molecule has 0 aliphatic rings. The quantitative estimate of drug-likeness (QED) is 0.731. The lowest BCUT2D eigenvalue weighted by Gasteiger charge is -2.03. The summed E-state index contributed by atoms with van der Waals surface area (Å²) in [5, 5.41) is 4.53. The zero-order chi connectivity index (χ0) is 14.3. The van der Waals surface area contributed by atoms with Crippen LogP contribution in [0.5, 0.6) is 0 Å². The third kappa shape index (κ3) is 2.11. The molecule has 3 rings (SSSR count). The molecule has 1 aromatic carbocycles. The molecule has 0 saturated heterocycles. The first kappa shape index (κ1) is 13.2. The first-order valence-electron chi connectivity index (χ1n) is 6.15. The van der Waals surface area contributed by atoms with E-state index in [4.69, 9.17) is 21.9 Å². The number of nitrogens with zero attached hydrogens (tertiary/aromatic N) is 1. The summed E-state index contributed by atoms with van der Waals surface area (Å²) in [6.07, 6.45) is 0. The van der Waals surface area contributed by atoms with E-state index in [-0.39, 0.29) is 0 Å². The summed E-state index contributed by atoms with van der Waals surface area (Å²) in [4.78, 5) is 2.26. The van der Waals surface area contributed by atoms with Gasteiger partial charge in [0.05, 0.1) is 10.4 Å². The summed E-state index contributed by atoms with van der Waals surface area (Å²) in [6, 6.07) is 9.64. The molecule has 0 unspecified atom stereocenters. The predicted molar refractivity (Wildman–Crippen MR) is 84.1 cm³/mol. The van der Waals surface area contributed by atoms with Crippen LogP contribution in [0.4, 0.5) is 5.82 Å². The molecular weight excluding hydrogens is 292 g/mol. The van der Waals surface area contributed by atoms with E-state index < -0.39 is 0 Å². The molecule has 3 aromatic rings. The molecule has 2 N–H and O–H groups in total. The summed E-state index contributed by atoms with van der Waals surface area (Å²) in [5.74, 6) is 1.04. The fourth-order valence-electron chi connectivity index (χ4n) is 2.08. The van der Waals surface area contributed by atoms with E-state index >= 15 is 0 Å². The molecule has 20 heavy (non-hydrogen) atoms. The maximum Gasteiger partial charge on any atom is 0.186 e. The van der Waals surface area contributed by atoms with E-state index in [9.17, 15) is 0 Å². The number of hydrogen-bond donors (Lipinski definition) is 1. The molecule has 3 nitrogen and oxygen atoms in total. The first-order valence-corrected chi connectivity index (χ1v) is 7.35. The van der Waals surface area contributed by atoms with E-state index in [1.807, 2.05) is 24.3 Å². The first-order chi connectivity index (χ1) is 9.58. The highest BCUT2D eigenvalue weighted by molar-refractivity contribution is 7.15. The van der Waals surface area contributed by atoms with E-state index in [1.54, 1.807) is 11.3 Å².